The quantitative estimate of drug-likeness (QED) is 0.508. The summed E-state index contributed by atoms with van der Waals surface area (Å²) in [5, 5.41) is 19.8. The van der Waals surface area contributed by atoms with Crippen LogP contribution in [0.15, 0.2) is 43.0 Å². The van der Waals surface area contributed by atoms with Crippen molar-refractivity contribution in [2.75, 3.05) is 18.0 Å². The molecule has 1 aliphatic rings. The molecule has 0 radical (unpaired) electrons. The number of hydrogen-bond acceptors (Lipinski definition) is 6. The number of para-hydroxylation sites is 1. The van der Waals surface area contributed by atoms with E-state index in [-0.39, 0.29) is 16.5 Å². The van der Waals surface area contributed by atoms with Crippen LogP contribution in [0.25, 0.3) is 11.1 Å². The average molecular weight is 382 g/mol. The van der Waals surface area contributed by atoms with E-state index in [1.165, 1.54) is 18.3 Å². The van der Waals surface area contributed by atoms with E-state index in [4.69, 9.17) is 0 Å². The number of pyridine rings is 1. The third-order valence-corrected chi connectivity index (χ3v) is 5.15. The van der Waals surface area contributed by atoms with Gasteiger partial charge < -0.3 is 9.47 Å². The number of aryl methyl sites for hydroxylation is 1. The van der Waals surface area contributed by atoms with Crippen molar-refractivity contribution in [2.24, 2.45) is 7.05 Å². The summed E-state index contributed by atoms with van der Waals surface area (Å²) in [7, 11) is 1.92. The predicted octanol–water partition coefficient (Wildman–Crippen LogP) is 3.31. The van der Waals surface area contributed by atoms with Crippen LogP contribution < -0.4 is 4.90 Å². The zero-order chi connectivity index (χ0) is 19.7. The van der Waals surface area contributed by atoms with Gasteiger partial charge in [-0.2, -0.15) is 0 Å². The first-order valence-corrected chi connectivity index (χ1v) is 9.01. The van der Waals surface area contributed by atoms with Crippen LogP contribution >= 0.6 is 0 Å². The summed E-state index contributed by atoms with van der Waals surface area (Å²) >= 11 is 0. The molecule has 1 saturated heterocycles. The maximum atomic E-state index is 13.7. The van der Waals surface area contributed by atoms with E-state index in [9.17, 15) is 14.5 Å². The second kappa shape index (κ2) is 7.34. The smallest absolute Gasteiger partial charge is 0.293 e. The maximum absolute atomic E-state index is 13.7. The highest BCUT2D eigenvalue weighted by molar-refractivity contribution is 5.85. The number of piperidine rings is 1. The fraction of sp³-hybridized carbons (Fsp3) is 0.316. The third kappa shape index (κ3) is 3.30. The molecule has 8 nitrogen and oxygen atoms in total. The first-order chi connectivity index (χ1) is 13.5. The van der Waals surface area contributed by atoms with Gasteiger partial charge in [-0.15, -0.1) is 10.2 Å². The Morgan fingerprint density at radius 1 is 1.25 bits per heavy atom. The summed E-state index contributed by atoms with van der Waals surface area (Å²) in [6.45, 7) is 1.27. The Balaban J connectivity index is 1.69. The van der Waals surface area contributed by atoms with Crippen molar-refractivity contribution in [3.8, 4) is 11.1 Å². The number of benzene rings is 1. The normalized spacial score (nSPS) is 15.0. The number of rotatable bonds is 4. The van der Waals surface area contributed by atoms with Gasteiger partial charge in [-0.05, 0) is 18.9 Å². The first kappa shape index (κ1) is 18.0. The van der Waals surface area contributed by atoms with Gasteiger partial charge in [0.05, 0.1) is 11.1 Å². The van der Waals surface area contributed by atoms with Crippen LogP contribution in [-0.4, -0.2) is 37.8 Å². The molecule has 0 bridgehead atoms. The molecular formula is C19H19FN6O2. The fourth-order valence-electron chi connectivity index (χ4n) is 3.83. The molecule has 0 unspecified atom stereocenters. The van der Waals surface area contributed by atoms with E-state index in [1.807, 2.05) is 16.5 Å². The summed E-state index contributed by atoms with van der Waals surface area (Å²) in [4.78, 5) is 17.2. The largest absolute Gasteiger partial charge is 0.365 e. The second-order valence-electron chi connectivity index (χ2n) is 6.88. The van der Waals surface area contributed by atoms with Crippen molar-refractivity contribution in [2.45, 2.75) is 18.8 Å². The Labute approximate surface area is 160 Å². The SMILES string of the molecule is Cn1cnnc1C1CCN(c2c(-c3cncc(F)c3)cccc2[N+](=O)[O-])CC1. The molecule has 0 aliphatic carbocycles. The first-order valence-electron chi connectivity index (χ1n) is 9.01. The summed E-state index contributed by atoms with van der Waals surface area (Å²) in [5.74, 6) is 0.707. The molecule has 9 heteroatoms. The zero-order valence-electron chi connectivity index (χ0n) is 15.3. The second-order valence-corrected chi connectivity index (χ2v) is 6.88. The van der Waals surface area contributed by atoms with Crippen LogP contribution in [0.4, 0.5) is 15.8 Å². The lowest BCUT2D eigenvalue weighted by molar-refractivity contribution is -0.384. The number of anilines is 1. The molecular weight excluding hydrogens is 363 g/mol. The van der Waals surface area contributed by atoms with Crippen LogP contribution in [0, 0.1) is 15.9 Å². The van der Waals surface area contributed by atoms with Crippen molar-refractivity contribution in [1.29, 1.82) is 0 Å². The number of halogens is 1. The minimum Gasteiger partial charge on any atom is -0.365 e. The van der Waals surface area contributed by atoms with E-state index < -0.39 is 5.82 Å². The molecule has 1 fully saturated rings. The molecule has 4 rings (SSSR count). The molecule has 0 amide bonds. The molecule has 144 valence electrons. The molecule has 2 aromatic heterocycles. The van der Waals surface area contributed by atoms with Crippen molar-refractivity contribution < 1.29 is 9.31 Å². The van der Waals surface area contributed by atoms with E-state index in [2.05, 4.69) is 15.2 Å². The molecule has 1 aliphatic heterocycles. The number of hydrogen-bond donors (Lipinski definition) is 0. The van der Waals surface area contributed by atoms with Crippen LogP contribution in [0.3, 0.4) is 0 Å². The number of aromatic nitrogens is 4. The maximum Gasteiger partial charge on any atom is 0.293 e. The van der Waals surface area contributed by atoms with Gasteiger partial charge in [0.2, 0.25) is 0 Å². The topological polar surface area (TPSA) is 90.0 Å². The molecule has 3 aromatic rings. The average Bonchev–Trinajstić information content (AvgIpc) is 3.13. The van der Waals surface area contributed by atoms with Gasteiger partial charge in [0.15, 0.2) is 0 Å². The highest BCUT2D eigenvalue weighted by atomic mass is 19.1. The molecule has 28 heavy (non-hydrogen) atoms. The molecule has 0 N–H and O–H groups in total. The summed E-state index contributed by atoms with van der Waals surface area (Å²) in [6.07, 6.45) is 5.93. The predicted molar refractivity (Wildman–Crippen MR) is 101 cm³/mol. The van der Waals surface area contributed by atoms with Crippen molar-refractivity contribution in [1.82, 2.24) is 19.7 Å². The Morgan fingerprint density at radius 3 is 2.68 bits per heavy atom. The van der Waals surface area contributed by atoms with E-state index >= 15 is 0 Å². The van der Waals surface area contributed by atoms with Gasteiger partial charge in [-0.1, -0.05) is 12.1 Å². The van der Waals surface area contributed by atoms with Crippen molar-refractivity contribution in [3.05, 3.63) is 64.7 Å². The lowest BCUT2D eigenvalue weighted by atomic mass is 9.94. The van der Waals surface area contributed by atoms with Crippen LogP contribution in [0.5, 0.6) is 0 Å². The fourth-order valence-corrected chi connectivity index (χ4v) is 3.83. The van der Waals surface area contributed by atoms with Crippen LogP contribution in [0.1, 0.15) is 24.6 Å². The molecule has 3 heterocycles. The minimum absolute atomic E-state index is 0.0128. The standard InChI is InChI=1S/C19H19FN6O2/c1-24-12-22-23-19(24)13-5-7-25(8-6-13)18-16(3-2-4-17(18)26(27)28)14-9-15(20)11-21-10-14/h2-4,9-13H,5-8H2,1H3. The Kier molecular flexibility index (Phi) is 4.72. The van der Waals surface area contributed by atoms with Crippen molar-refractivity contribution >= 4 is 11.4 Å². The van der Waals surface area contributed by atoms with Gasteiger partial charge in [-0.25, -0.2) is 4.39 Å². The lowest BCUT2D eigenvalue weighted by Crippen LogP contribution is -2.34. The van der Waals surface area contributed by atoms with Gasteiger partial charge in [0.1, 0.15) is 23.7 Å². The monoisotopic (exact) mass is 382 g/mol. The van der Waals surface area contributed by atoms with E-state index in [0.29, 0.717) is 29.9 Å². The zero-order valence-corrected chi connectivity index (χ0v) is 15.3. The number of nitrogens with zero attached hydrogens (tertiary/aromatic N) is 6. The Hall–Kier alpha value is -3.36. The molecule has 0 atom stereocenters. The highest BCUT2D eigenvalue weighted by Crippen LogP contribution is 2.41. The van der Waals surface area contributed by atoms with Gasteiger partial charge in [-0.3, -0.25) is 15.1 Å². The minimum atomic E-state index is -0.476. The number of nitro groups is 1. The van der Waals surface area contributed by atoms with Gasteiger partial charge >= 0.3 is 0 Å². The van der Waals surface area contributed by atoms with Gasteiger partial charge in [0, 0.05) is 49.4 Å². The lowest BCUT2D eigenvalue weighted by Gasteiger charge is -2.34. The van der Waals surface area contributed by atoms with Crippen molar-refractivity contribution in [3.63, 3.8) is 0 Å². The Bertz CT molecular complexity index is 1010. The summed E-state index contributed by atoms with van der Waals surface area (Å²) in [6, 6.07) is 6.23. The van der Waals surface area contributed by atoms with E-state index in [1.54, 1.807) is 18.5 Å². The van der Waals surface area contributed by atoms with Gasteiger partial charge in [0.25, 0.3) is 5.69 Å². The molecule has 0 saturated carbocycles. The third-order valence-electron chi connectivity index (χ3n) is 5.15. The van der Waals surface area contributed by atoms with Crippen LogP contribution in [0.2, 0.25) is 0 Å². The number of nitro benzene ring substituents is 1. The van der Waals surface area contributed by atoms with E-state index in [0.717, 1.165) is 24.9 Å². The Morgan fingerprint density at radius 2 is 2.04 bits per heavy atom. The van der Waals surface area contributed by atoms with Crippen LogP contribution in [-0.2, 0) is 7.05 Å². The molecule has 1 aromatic carbocycles. The molecule has 0 spiro atoms. The highest BCUT2D eigenvalue weighted by Gasteiger charge is 2.29. The summed E-state index contributed by atoms with van der Waals surface area (Å²) < 4.78 is 15.6. The summed E-state index contributed by atoms with van der Waals surface area (Å²) in [5.41, 5.74) is 1.66.